The number of nitrogens with one attached hydrogen (secondary N) is 1. The predicted octanol–water partition coefficient (Wildman–Crippen LogP) is -0.647. The number of hydrogen-bond acceptors (Lipinski definition) is 8. The fourth-order valence-electron chi connectivity index (χ4n) is 2.34. The number of para-hydroxylation sites is 1. The number of carboxylic acids is 1. The molecule has 3 atom stereocenters. The number of carbonyl (C=O) groups is 3. The van der Waals surface area contributed by atoms with E-state index in [1.54, 1.807) is 24.3 Å². The van der Waals surface area contributed by atoms with Crippen molar-refractivity contribution >= 4 is 23.5 Å². The van der Waals surface area contributed by atoms with Gasteiger partial charge in [0.15, 0.2) is 0 Å². The van der Waals surface area contributed by atoms with Gasteiger partial charge in [-0.3, -0.25) is 9.59 Å². The second kappa shape index (κ2) is 10.1. The van der Waals surface area contributed by atoms with Crippen molar-refractivity contribution in [2.24, 2.45) is 5.73 Å². The highest BCUT2D eigenvalue weighted by molar-refractivity contribution is 5.92. The lowest BCUT2D eigenvalue weighted by atomic mass is 9.92. The van der Waals surface area contributed by atoms with Gasteiger partial charge in [-0.25, -0.2) is 4.79 Å². The Labute approximate surface area is 161 Å². The number of carboxylic acid groups (broad SMARTS) is 1. The topological polar surface area (TPSA) is 179 Å². The number of hydrogen-bond donors (Lipinski definition) is 6. The fourth-order valence-corrected chi connectivity index (χ4v) is 2.34. The number of aliphatic hydroxyl groups is 3. The van der Waals surface area contributed by atoms with E-state index >= 15 is 0 Å². The minimum absolute atomic E-state index is 0.0475. The lowest BCUT2D eigenvalue weighted by Crippen LogP contribution is -2.56. The summed E-state index contributed by atoms with van der Waals surface area (Å²) in [6.45, 7) is 1.94. The normalized spacial score (nSPS) is 14.6. The van der Waals surface area contributed by atoms with Gasteiger partial charge in [0.25, 0.3) is 0 Å². The zero-order valence-corrected chi connectivity index (χ0v) is 15.7. The van der Waals surface area contributed by atoms with Crippen LogP contribution in [0.1, 0.15) is 32.3 Å². The van der Waals surface area contributed by atoms with Crippen molar-refractivity contribution in [2.75, 3.05) is 5.32 Å². The number of nitrogens with two attached hydrogens (primary N) is 1. The van der Waals surface area contributed by atoms with Gasteiger partial charge in [-0.05, 0) is 26.3 Å². The summed E-state index contributed by atoms with van der Waals surface area (Å²) in [6.07, 6.45) is -3.32. The van der Waals surface area contributed by atoms with Crippen molar-refractivity contribution in [3.63, 3.8) is 0 Å². The van der Waals surface area contributed by atoms with Crippen LogP contribution in [0.5, 0.6) is 0 Å². The van der Waals surface area contributed by atoms with Crippen LogP contribution in [0.15, 0.2) is 24.3 Å². The van der Waals surface area contributed by atoms with Crippen molar-refractivity contribution < 1.29 is 39.5 Å². The van der Waals surface area contributed by atoms with Crippen LogP contribution in [0.2, 0.25) is 0 Å². The van der Waals surface area contributed by atoms with E-state index in [1.807, 2.05) is 0 Å². The van der Waals surface area contributed by atoms with Crippen LogP contribution in [0.3, 0.4) is 0 Å². The molecule has 28 heavy (non-hydrogen) atoms. The number of carbonyl (C=O) groups excluding carboxylic acids is 2. The first-order valence-electron chi connectivity index (χ1n) is 8.62. The molecule has 0 aliphatic carbocycles. The summed E-state index contributed by atoms with van der Waals surface area (Å²) in [4.78, 5) is 34.8. The number of aliphatic carboxylic acids is 1. The van der Waals surface area contributed by atoms with Crippen molar-refractivity contribution in [3.05, 3.63) is 29.8 Å². The number of anilines is 1. The molecule has 0 bridgehead atoms. The number of benzene rings is 1. The third-order valence-electron chi connectivity index (χ3n) is 4.25. The van der Waals surface area contributed by atoms with Gasteiger partial charge < -0.3 is 36.2 Å². The molecule has 0 fully saturated rings. The summed E-state index contributed by atoms with van der Waals surface area (Å²) in [5.74, 6) is -2.89. The molecule has 10 heteroatoms. The number of rotatable bonds is 10. The summed E-state index contributed by atoms with van der Waals surface area (Å²) in [6, 6.07) is 5.23. The summed E-state index contributed by atoms with van der Waals surface area (Å²) < 4.78 is 5.01. The molecule has 10 nitrogen and oxygen atoms in total. The lowest BCUT2D eigenvalue weighted by Gasteiger charge is -2.31. The Morgan fingerprint density at radius 2 is 1.75 bits per heavy atom. The number of esters is 1. The van der Waals surface area contributed by atoms with E-state index in [9.17, 15) is 29.7 Å². The molecule has 0 spiro atoms. The molecule has 0 aliphatic heterocycles. The highest BCUT2D eigenvalue weighted by Crippen LogP contribution is 2.21. The van der Waals surface area contributed by atoms with Gasteiger partial charge in [0.2, 0.25) is 11.5 Å². The fraction of sp³-hybridized carbons (Fsp3) is 0.500. The van der Waals surface area contributed by atoms with E-state index in [-0.39, 0.29) is 19.4 Å². The van der Waals surface area contributed by atoms with E-state index in [2.05, 4.69) is 5.32 Å². The molecular formula is C18H26N2O8. The maximum atomic E-state index is 12.1. The van der Waals surface area contributed by atoms with Gasteiger partial charge in [-0.2, -0.15) is 0 Å². The van der Waals surface area contributed by atoms with Crippen molar-refractivity contribution in [2.45, 2.75) is 57.1 Å². The minimum atomic E-state index is -2.49. The third-order valence-corrected chi connectivity index (χ3v) is 4.25. The molecule has 0 aromatic heterocycles. The van der Waals surface area contributed by atoms with Crippen LogP contribution in [0.25, 0.3) is 0 Å². The Bertz CT molecular complexity index is 697. The van der Waals surface area contributed by atoms with E-state index in [1.165, 1.54) is 0 Å². The highest BCUT2D eigenvalue weighted by atomic mass is 16.6. The molecule has 1 rings (SSSR count). The molecule has 0 saturated carbocycles. The van der Waals surface area contributed by atoms with Crippen molar-refractivity contribution in [1.82, 2.24) is 0 Å². The Hall–Kier alpha value is -2.53. The van der Waals surface area contributed by atoms with Crippen molar-refractivity contribution in [1.29, 1.82) is 0 Å². The summed E-state index contributed by atoms with van der Waals surface area (Å²) in [5, 5.41) is 40.7. The smallest absolute Gasteiger partial charge is 0.343 e. The standard InChI is InChI=1S/C18H26N2O8/c1-10(21)18(27,11(2)22)17(26)28-9-12-5-3-4-6-14(12)20-15(23)8-7-13(19)16(24)25/h3-6,10-11,13,21-22,27H,7-9,19H2,1-2H3,(H,20,23)(H,24,25)/t10-,11-,13?/m0/s1. The van der Waals surface area contributed by atoms with Crippen LogP contribution in [-0.4, -0.2) is 62.1 Å². The molecule has 0 saturated heterocycles. The average Bonchev–Trinajstić information content (AvgIpc) is 2.63. The summed E-state index contributed by atoms with van der Waals surface area (Å²) >= 11 is 0. The third kappa shape index (κ3) is 5.99. The molecule has 0 heterocycles. The van der Waals surface area contributed by atoms with Gasteiger partial charge in [0, 0.05) is 17.7 Å². The monoisotopic (exact) mass is 398 g/mol. The molecule has 1 aromatic rings. The second-order valence-corrected chi connectivity index (χ2v) is 6.44. The number of aliphatic hydroxyl groups excluding tert-OH is 2. The van der Waals surface area contributed by atoms with Gasteiger partial charge in [-0.1, -0.05) is 18.2 Å². The molecular weight excluding hydrogens is 372 g/mol. The summed E-state index contributed by atoms with van der Waals surface area (Å²) in [7, 11) is 0. The quantitative estimate of drug-likeness (QED) is 0.279. The SMILES string of the molecule is C[C@H](O)C(O)(C(=O)OCc1ccccc1NC(=O)CCC(N)C(=O)O)[C@H](C)O. The molecule has 1 amide bonds. The van der Waals surface area contributed by atoms with Crippen LogP contribution >= 0.6 is 0 Å². The van der Waals surface area contributed by atoms with E-state index in [0.717, 1.165) is 13.8 Å². The van der Waals surface area contributed by atoms with Crippen LogP contribution in [0.4, 0.5) is 5.69 Å². The molecule has 156 valence electrons. The Morgan fingerprint density at radius 3 is 2.29 bits per heavy atom. The second-order valence-electron chi connectivity index (χ2n) is 6.44. The van der Waals surface area contributed by atoms with Gasteiger partial charge in [-0.15, -0.1) is 0 Å². The van der Waals surface area contributed by atoms with Gasteiger partial charge in [0.1, 0.15) is 12.6 Å². The maximum Gasteiger partial charge on any atom is 0.343 e. The van der Waals surface area contributed by atoms with Crippen molar-refractivity contribution in [3.8, 4) is 0 Å². The largest absolute Gasteiger partial charge is 0.480 e. The van der Waals surface area contributed by atoms with Gasteiger partial charge >= 0.3 is 11.9 Å². The lowest BCUT2D eigenvalue weighted by molar-refractivity contribution is -0.194. The van der Waals surface area contributed by atoms with Gasteiger partial charge in [0.05, 0.1) is 12.2 Å². The molecule has 7 N–H and O–H groups in total. The first-order valence-corrected chi connectivity index (χ1v) is 8.62. The molecule has 1 aromatic carbocycles. The summed E-state index contributed by atoms with van der Waals surface area (Å²) in [5.41, 5.74) is 3.58. The van der Waals surface area contributed by atoms with E-state index in [4.69, 9.17) is 15.6 Å². The highest BCUT2D eigenvalue weighted by Gasteiger charge is 2.47. The number of amides is 1. The Balaban J connectivity index is 2.78. The minimum Gasteiger partial charge on any atom is -0.480 e. The van der Waals surface area contributed by atoms with Crippen LogP contribution in [0, 0.1) is 0 Å². The van der Waals surface area contributed by atoms with Crippen LogP contribution in [-0.2, 0) is 25.7 Å². The zero-order valence-electron chi connectivity index (χ0n) is 15.7. The molecule has 0 radical (unpaired) electrons. The first kappa shape index (κ1) is 23.5. The van der Waals surface area contributed by atoms with E-state index in [0.29, 0.717) is 11.3 Å². The number of ether oxygens (including phenoxy) is 1. The van der Waals surface area contributed by atoms with Crippen LogP contribution < -0.4 is 11.1 Å². The van der Waals surface area contributed by atoms with E-state index < -0.39 is 41.7 Å². The first-order chi connectivity index (χ1) is 13.0. The Kier molecular flexibility index (Phi) is 8.51. The predicted molar refractivity (Wildman–Crippen MR) is 98.0 cm³/mol. The average molecular weight is 398 g/mol. The molecule has 0 aliphatic rings. The zero-order chi connectivity index (χ0) is 21.5. The molecule has 1 unspecified atom stereocenters. The Morgan fingerprint density at radius 1 is 1.18 bits per heavy atom. The maximum absolute atomic E-state index is 12.1.